The van der Waals surface area contributed by atoms with Gasteiger partial charge in [0.1, 0.15) is 0 Å². The molecule has 3 aromatic rings. The van der Waals surface area contributed by atoms with E-state index in [1.807, 2.05) is 29.7 Å². The molecule has 0 saturated carbocycles. The van der Waals surface area contributed by atoms with Crippen LogP contribution in [0, 0.1) is 13.8 Å². The minimum Gasteiger partial charge on any atom is -0.331 e. The average molecular weight is 356 g/mol. The number of H-pyrrole nitrogens is 1. The Kier molecular flexibility index (Phi) is 5.88. The largest absolute Gasteiger partial charge is 0.331 e. The quantitative estimate of drug-likeness (QED) is 0.458. The van der Waals surface area contributed by atoms with Crippen LogP contribution in [0.25, 0.3) is 0 Å². The van der Waals surface area contributed by atoms with Crippen molar-refractivity contribution in [2.24, 2.45) is 0 Å². The molecule has 0 spiro atoms. The van der Waals surface area contributed by atoms with E-state index in [1.165, 1.54) is 20.9 Å². The number of rotatable bonds is 7. The number of nitrogens with one attached hydrogen (secondary N) is 1. The van der Waals surface area contributed by atoms with Crippen LogP contribution in [-0.4, -0.2) is 21.7 Å². The van der Waals surface area contributed by atoms with Gasteiger partial charge in [0.2, 0.25) is 5.95 Å². The van der Waals surface area contributed by atoms with Crippen molar-refractivity contribution in [1.82, 2.24) is 9.97 Å². The Morgan fingerprint density at radius 3 is 1.75 bits per heavy atom. The summed E-state index contributed by atoms with van der Waals surface area (Å²) >= 11 is 3.65. The SMILES string of the molecule is Cc1ccc(SCN(CSc2ccc(C)cc2)c2ncc[nH]2)cc1. The maximum Gasteiger partial charge on any atom is 0.204 e. The minimum absolute atomic E-state index is 0.857. The molecule has 0 aliphatic carbocycles. The van der Waals surface area contributed by atoms with E-state index in [-0.39, 0.29) is 0 Å². The fourth-order valence-electron chi connectivity index (χ4n) is 2.16. The molecule has 0 aliphatic heterocycles. The number of benzene rings is 2. The number of anilines is 1. The molecule has 1 aromatic heterocycles. The lowest BCUT2D eigenvalue weighted by molar-refractivity contribution is 0.989. The van der Waals surface area contributed by atoms with Gasteiger partial charge in [-0.2, -0.15) is 0 Å². The molecular weight excluding hydrogens is 334 g/mol. The summed E-state index contributed by atoms with van der Waals surface area (Å²) in [5, 5.41) is 0. The molecule has 0 radical (unpaired) electrons. The first-order valence-corrected chi connectivity index (χ1v) is 9.81. The molecule has 24 heavy (non-hydrogen) atoms. The van der Waals surface area contributed by atoms with Gasteiger partial charge in [-0.05, 0) is 38.1 Å². The maximum atomic E-state index is 4.41. The van der Waals surface area contributed by atoms with E-state index in [1.54, 1.807) is 6.20 Å². The van der Waals surface area contributed by atoms with E-state index in [2.05, 4.69) is 77.2 Å². The van der Waals surface area contributed by atoms with Crippen LogP contribution in [0.4, 0.5) is 5.95 Å². The minimum atomic E-state index is 0.857. The highest BCUT2D eigenvalue weighted by Gasteiger charge is 2.10. The zero-order valence-corrected chi connectivity index (χ0v) is 15.5. The van der Waals surface area contributed by atoms with E-state index in [4.69, 9.17) is 0 Å². The molecule has 0 bridgehead atoms. The van der Waals surface area contributed by atoms with Crippen molar-refractivity contribution in [2.75, 3.05) is 16.7 Å². The van der Waals surface area contributed by atoms with Crippen molar-refractivity contribution >= 4 is 29.5 Å². The summed E-state index contributed by atoms with van der Waals surface area (Å²) in [5.74, 6) is 2.62. The Labute approximate surface area is 151 Å². The predicted octanol–water partition coefficient (Wildman–Crippen LogP) is 5.33. The van der Waals surface area contributed by atoms with Crippen molar-refractivity contribution in [3.63, 3.8) is 0 Å². The standard InChI is InChI=1S/C19H21N3S2/c1-15-3-7-17(8-4-15)23-13-22(19-20-11-12-21-19)14-24-18-9-5-16(2)6-10-18/h3-12H,13-14H2,1-2H3,(H,20,21). The highest BCUT2D eigenvalue weighted by atomic mass is 32.2. The zero-order valence-electron chi connectivity index (χ0n) is 13.9. The van der Waals surface area contributed by atoms with E-state index in [0.29, 0.717) is 0 Å². The van der Waals surface area contributed by atoms with Gasteiger partial charge in [-0.25, -0.2) is 4.98 Å². The lowest BCUT2D eigenvalue weighted by atomic mass is 10.2. The fraction of sp³-hybridized carbons (Fsp3) is 0.211. The first kappa shape index (κ1) is 17.0. The third-order valence-corrected chi connectivity index (χ3v) is 5.69. The molecule has 0 unspecified atom stereocenters. The average Bonchev–Trinajstić information content (AvgIpc) is 3.12. The van der Waals surface area contributed by atoms with Crippen LogP contribution in [0.5, 0.6) is 0 Å². The lowest BCUT2D eigenvalue weighted by Gasteiger charge is -2.21. The Hall–Kier alpha value is -1.85. The van der Waals surface area contributed by atoms with Gasteiger partial charge < -0.3 is 9.88 Å². The summed E-state index contributed by atoms with van der Waals surface area (Å²) in [4.78, 5) is 12.4. The number of hydrogen-bond donors (Lipinski definition) is 1. The normalized spacial score (nSPS) is 10.8. The molecule has 0 amide bonds. The highest BCUT2D eigenvalue weighted by molar-refractivity contribution is 8.00. The molecule has 124 valence electrons. The number of imidazole rings is 1. The van der Waals surface area contributed by atoms with Crippen molar-refractivity contribution in [1.29, 1.82) is 0 Å². The molecule has 0 aliphatic rings. The second-order valence-electron chi connectivity index (χ2n) is 5.63. The van der Waals surface area contributed by atoms with E-state index >= 15 is 0 Å². The third kappa shape index (κ3) is 4.82. The third-order valence-electron chi connectivity index (χ3n) is 3.60. The summed E-state index contributed by atoms with van der Waals surface area (Å²) in [5.41, 5.74) is 2.58. The van der Waals surface area contributed by atoms with Crippen molar-refractivity contribution in [3.8, 4) is 0 Å². The van der Waals surface area contributed by atoms with Crippen LogP contribution < -0.4 is 4.90 Å². The summed E-state index contributed by atoms with van der Waals surface area (Å²) in [6.07, 6.45) is 3.67. The van der Waals surface area contributed by atoms with Gasteiger partial charge in [-0.15, -0.1) is 23.5 Å². The smallest absolute Gasteiger partial charge is 0.204 e. The number of nitrogens with zero attached hydrogens (tertiary/aromatic N) is 2. The van der Waals surface area contributed by atoms with Gasteiger partial charge in [0, 0.05) is 22.2 Å². The predicted molar refractivity (Wildman–Crippen MR) is 105 cm³/mol. The molecule has 0 atom stereocenters. The van der Waals surface area contributed by atoms with Gasteiger partial charge in [0.05, 0.1) is 11.8 Å². The second-order valence-corrected chi connectivity index (χ2v) is 7.66. The molecule has 1 N–H and O–H groups in total. The van der Waals surface area contributed by atoms with Crippen molar-refractivity contribution in [3.05, 3.63) is 72.1 Å². The van der Waals surface area contributed by atoms with Crippen LogP contribution in [0.3, 0.4) is 0 Å². The fourth-order valence-corrected chi connectivity index (χ4v) is 3.97. The number of aryl methyl sites for hydroxylation is 2. The summed E-state index contributed by atoms with van der Waals surface area (Å²) in [7, 11) is 0. The van der Waals surface area contributed by atoms with Gasteiger partial charge in [-0.1, -0.05) is 35.4 Å². The first-order valence-electron chi connectivity index (χ1n) is 7.84. The monoisotopic (exact) mass is 355 g/mol. The molecule has 5 heteroatoms. The van der Waals surface area contributed by atoms with E-state index < -0.39 is 0 Å². The van der Waals surface area contributed by atoms with Crippen LogP contribution in [0.15, 0.2) is 70.7 Å². The van der Waals surface area contributed by atoms with Gasteiger partial charge in [0.15, 0.2) is 0 Å². The number of thioether (sulfide) groups is 2. The molecular formula is C19H21N3S2. The Bertz CT molecular complexity index is 688. The molecule has 2 aromatic carbocycles. The van der Waals surface area contributed by atoms with Crippen LogP contribution in [0.2, 0.25) is 0 Å². The summed E-state index contributed by atoms with van der Waals surface area (Å²) < 4.78 is 0. The van der Waals surface area contributed by atoms with Gasteiger partial charge in [0.25, 0.3) is 0 Å². The van der Waals surface area contributed by atoms with E-state index in [0.717, 1.165) is 17.7 Å². The summed E-state index contributed by atoms with van der Waals surface area (Å²) in [6.45, 7) is 4.23. The van der Waals surface area contributed by atoms with Crippen molar-refractivity contribution < 1.29 is 0 Å². The first-order chi connectivity index (χ1) is 11.7. The molecule has 3 rings (SSSR count). The van der Waals surface area contributed by atoms with Crippen molar-refractivity contribution in [2.45, 2.75) is 23.6 Å². The summed E-state index contributed by atoms with van der Waals surface area (Å²) in [6, 6.07) is 17.3. The number of hydrogen-bond acceptors (Lipinski definition) is 4. The second kappa shape index (κ2) is 8.31. The van der Waals surface area contributed by atoms with Gasteiger partial charge in [-0.3, -0.25) is 0 Å². The molecule has 3 nitrogen and oxygen atoms in total. The van der Waals surface area contributed by atoms with Crippen LogP contribution in [-0.2, 0) is 0 Å². The highest BCUT2D eigenvalue weighted by Crippen LogP contribution is 2.25. The zero-order chi connectivity index (χ0) is 16.8. The molecule has 0 saturated heterocycles. The Morgan fingerprint density at radius 1 is 0.833 bits per heavy atom. The molecule has 1 heterocycles. The number of aromatic amines is 1. The Morgan fingerprint density at radius 2 is 1.33 bits per heavy atom. The maximum absolute atomic E-state index is 4.41. The molecule has 0 fully saturated rings. The Balaban J connectivity index is 1.63. The van der Waals surface area contributed by atoms with Crippen LogP contribution >= 0.6 is 23.5 Å². The van der Waals surface area contributed by atoms with E-state index in [9.17, 15) is 0 Å². The topological polar surface area (TPSA) is 31.9 Å². The van der Waals surface area contributed by atoms with Gasteiger partial charge >= 0.3 is 0 Å². The van der Waals surface area contributed by atoms with Crippen LogP contribution in [0.1, 0.15) is 11.1 Å². The number of aromatic nitrogens is 2. The lowest BCUT2D eigenvalue weighted by Crippen LogP contribution is -2.23.